The molecule has 3 nitrogen and oxygen atoms in total. The zero-order valence-electron chi connectivity index (χ0n) is 10.3. The highest BCUT2D eigenvalue weighted by atomic mass is 35.5. The zero-order valence-corrected chi connectivity index (χ0v) is 11.0. The number of hydrogen-bond acceptors (Lipinski definition) is 3. The van der Waals surface area contributed by atoms with E-state index < -0.39 is 6.10 Å². The van der Waals surface area contributed by atoms with Gasteiger partial charge in [-0.1, -0.05) is 23.7 Å². The molecular weight excluding hydrogens is 262 g/mol. The van der Waals surface area contributed by atoms with Crippen molar-refractivity contribution < 1.29 is 9.84 Å². The molecule has 19 heavy (non-hydrogen) atoms. The number of aliphatic hydroxyl groups is 1. The third-order valence-electron chi connectivity index (χ3n) is 3.07. The number of halogens is 1. The van der Waals surface area contributed by atoms with Gasteiger partial charge in [-0.25, -0.2) is 4.98 Å². The second kappa shape index (κ2) is 5.19. The Hall–Kier alpha value is -1.58. The van der Waals surface area contributed by atoms with Gasteiger partial charge in [-0.2, -0.15) is 0 Å². The van der Waals surface area contributed by atoms with E-state index in [4.69, 9.17) is 16.3 Å². The predicted octanol–water partition coefficient (Wildman–Crippen LogP) is 3.36. The van der Waals surface area contributed by atoms with Crippen LogP contribution >= 0.6 is 11.6 Å². The molecule has 1 aromatic heterocycles. The van der Waals surface area contributed by atoms with Crippen LogP contribution in [0.3, 0.4) is 0 Å². The lowest BCUT2D eigenvalue weighted by Crippen LogP contribution is -2.02. The van der Waals surface area contributed by atoms with E-state index in [-0.39, 0.29) is 0 Å². The number of benzene rings is 1. The summed E-state index contributed by atoms with van der Waals surface area (Å²) in [6, 6.07) is 11.0. The van der Waals surface area contributed by atoms with Crippen molar-refractivity contribution in [2.45, 2.75) is 25.0 Å². The molecule has 1 fully saturated rings. The molecule has 0 saturated heterocycles. The van der Waals surface area contributed by atoms with E-state index in [1.165, 1.54) is 0 Å². The molecule has 1 unspecified atom stereocenters. The number of aliphatic hydroxyl groups excluding tert-OH is 1. The minimum atomic E-state index is -0.719. The molecule has 1 atom stereocenters. The van der Waals surface area contributed by atoms with Crippen molar-refractivity contribution in [3.63, 3.8) is 0 Å². The maximum Gasteiger partial charge on any atom is 0.129 e. The van der Waals surface area contributed by atoms with E-state index in [0.717, 1.165) is 29.7 Å². The van der Waals surface area contributed by atoms with Crippen LogP contribution in [0.4, 0.5) is 0 Å². The van der Waals surface area contributed by atoms with Gasteiger partial charge in [0, 0.05) is 6.20 Å². The molecule has 4 heteroatoms. The first kappa shape index (κ1) is 12.5. The Morgan fingerprint density at radius 1 is 1.21 bits per heavy atom. The number of nitrogens with zero attached hydrogens (tertiary/aromatic N) is 1. The molecule has 98 valence electrons. The Balaban J connectivity index is 1.83. The minimum absolute atomic E-state index is 0.350. The summed E-state index contributed by atoms with van der Waals surface area (Å²) in [6.07, 6.45) is 3.45. The highest BCUT2D eigenvalue weighted by Crippen LogP contribution is 2.30. The first-order valence-corrected chi connectivity index (χ1v) is 6.66. The molecule has 0 amide bonds. The first-order valence-electron chi connectivity index (χ1n) is 6.28. The van der Waals surface area contributed by atoms with Crippen LogP contribution in [0, 0.1) is 0 Å². The fourth-order valence-electron chi connectivity index (χ4n) is 1.92. The van der Waals surface area contributed by atoms with Gasteiger partial charge >= 0.3 is 0 Å². The molecule has 0 spiro atoms. The summed E-state index contributed by atoms with van der Waals surface area (Å²) >= 11 is 5.84. The van der Waals surface area contributed by atoms with E-state index in [0.29, 0.717) is 11.3 Å². The lowest BCUT2D eigenvalue weighted by molar-refractivity contribution is 0.219. The van der Waals surface area contributed by atoms with Crippen molar-refractivity contribution in [3.05, 3.63) is 58.9 Å². The molecule has 1 aliphatic rings. The van der Waals surface area contributed by atoms with Crippen LogP contribution < -0.4 is 4.74 Å². The van der Waals surface area contributed by atoms with Crippen LogP contribution in [0.2, 0.25) is 5.15 Å². The SMILES string of the molecule is OC(c1cccc(OC2CC2)c1)c1ccnc(Cl)c1. The van der Waals surface area contributed by atoms with Gasteiger partial charge in [0.15, 0.2) is 0 Å². The molecule has 0 radical (unpaired) electrons. The maximum atomic E-state index is 10.3. The Morgan fingerprint density at radius 3 is 2.74 bits per heavy atom. The topological polar surface area (TPSA) is 42.4 Å². The van der Waals surface area contributed by atoms with Gasteiger partial charge in [0.1, 0.15) is 17.0 Å². The van der Waals surface area contributed by atoms with Crippen molar-refractivity contribution in [1.29, 1.82) is 0 Å². The monoisotopic (exact) mass is 275 g/mol. The van der Waals surface area contributed by atoms with E-state index in [2.05, 4.69) is 4.98 Å². The van der Waals surface area contributed by atoms with E-state index in [1.54, 1.807) is 18.3 Å². The molecule has 1 aliphatic carbocycles. The quantitative estimate of drug-likeness (QED) is 0.870. The minimum Gasteiger partial charge on any atom is -0.490 e. The lowest BCUT2D eigenvalue weighted by Gasteiger charge is -2.13. The second-order valence-electron chi connectivity index (χ2n) is 4.70. The van der Waals surface area contributed by atoms with Crippen LogP contribution in [0.1, 0.15) is 30.1 Å². The van der Waals surface area contributed by atoms with Gasteiger partial charge in [-0.3, -0.25) is 0 Å². The Bertz CT molecular complexity index is 584. The summed E-state index contributed by atoms with van der Waals surface area (Å²) in [6.45, 7) is 0. The summed E-state index contributed by atoms with van der Waals surface area (Å²) in [5.74, 6) is 0.805. The van der Waals surface area contributed by atoms with Crippen molar-refractivity contribution in [1.82, 2.24) is 4.98 Å². The Morgan fingerprint density at radius 2 is 2.00 bits per heavy atom. The molecule has 1 saturated carbocycles. The Kier molecular flexibility index (Phi) is 3.40. The van der Waals surface area contributed by atoms with Gasteiger partial charge in [-0.15, -0.1) is 0 Å². The van der Waals surface area contributed by atoms with E-state index in [9.17, 15) is 5.11 Å². The first-order chi connectivity index (χ1) is 9.22. The summed E-state index contributed by atoms with van der Waals surface area (Å²) in [5, 5.41) is 10.7. The van der Waals surface area contributed by atoms with Gasteiger partial charge in [0.25, 0.3) is 0 Å². The highest BCUT2D eigenvalue weighted by molar-refractivity contribution is 6.29. The van der Waals surface area contributed by atoms with Crippen molar-refractivity contribution >= 4 is 11.6 Å². The number of ether oxygens (including phenoxy) is 1. The molecule has 0 aliphatic heterocycles. The molecule has 2 aromatic rings. The summed E-state index contributed by atoms with van der Waals surface area (Å²) in [5.41, 5.74) is 1.52. The van der Waals surface area contributed by atoms with Crippen LogP contribution in [0.25, 0.3) is 0 Å². The third-order valence-corrected chi connectivity index (χ3v) is 3.27. The molecule has 1 aromatic carbocycles. The summed E-state index contributed by atoms with van der Waals surface area (Å²) < 4.78 is 5.73. The van der Waals surface area contributed by atoms with Gasteiger partial charge in [0.2, 0.25) is 0 Å². The summed E-state index contributed by atoms with van der Waals surface area (Å²) in [4.78, 5) is 3.91. The number of rotatable bonds is 4. The lowest BCUT2D eigenvalue weighted by atomic mass is 10.0. The maximum absolute atomic E-state index is 10.3. The summed E-state index contributed by atoms with van der Waals surface area (Å²) in [7, 11) is 0. The normalized spacial score (nSPS) is 16.1. The molecule has 1 heterocycles. The number of aromatic nitrogens is 1. The molecule has 1 N–H and O–H groups in total. The average molecular weight is 276 g/mol. The Labute approximate surface area is 116 Å². The van der Waals surface area contributed by atoms with Crippen LogP contribution in [0.5, 0.6) is 5.75 Å². The smallest absolute Gasteiger partial charge is 0.129 e. The molecule has 3 rings (SSSR count). The van der Waals surface area contributed by atoms with E-state index in [1.807, 2.05) is 24.3 Å². The van der Waals surface area contributed by atoms with Crippen molar-refractivity contribution in [2.24, 2.45) is 0 Å². The molecular formula is C15H14ClNO2. The molecule has 0 bridgehead atoms. The highest BCUT2D eigenvalue weighted by Gasteiger charge is 2.23. The van der Waals surface area contributed by atoms with E-state index >= 15 is 0 Å². The van der Waals surface area contributed by atoms with Gasteiger partial charge in [0.05, 0.1) is 6.10 Å². The number of hydrogen-bond donors (Lipinski definition) is 1. The van der Waals surface area contributed by atoms with Crippen LogP contribution in [0.15, 0.2) is 42.6 Å². The third kappa shape index (κ3) is 3.06. The predicted molar refractivity (Wildman–Crippen MR) is 73.4 cm³/mol. The van der Waals surface area contributed by atoms with Crippen molar-refractivity contribution in [2.75, 3.05) is 0 Å². The van der Waals surface area contributed by atoms with Gasteiger partial charge in [-0.05, 0) is 48.2 Å². The van der Waals surface area contributed by atoms with Crippen LogP contribution in [-0.4, -0.2) is 16.2 Å². The zero-order chi connectivity index (χ0) is 13.2. The fraction of sp³-hybridized carbons (Fsp3) is 0.267. The second-order valence-corrected chi connectivity index (χ2v) is 5.09. The largest absolute Gasteiger partial charge is 0.490 e. The average Bonchev–Trinajstić information content (AvgIpc) is 3.22. The van der Waals surface area contributed by atoms with Crippen LogP contribution in [-0.2, 0) is 0 Å². The standard InChI is InChI=1S/C15H14ClNO2/c16-14-9-11(6-7-17-14)15(18)10-2-1-3-13(8-10)19-12-4-5-12/h1-3,6-9,12,15,18H,4-5H2. The fourth-order valence-corrected chi connectivity index (χ4v) is 2.10. The number of pyridine rings is 1. The van der Waals surface area contributed by atoms with Crippen molar-refractivity contribution in [3.8, 4) is 5.75 Å². The van der Waals surface area contributed by atoms with Gasteiger partial charge < -0.3 is 9.84 Å².